The maximum absolute atomic E-state index is 12.3. The van der Waals surface area contributed by atoms with Gasteiger partial charge in [0, 0.05) is 6.42 Å². The van der Waals surface area contributed by atoms with Crippen molar-refractivity contribution in [1.82, 2.24) is 5.32 Å². The maximum Gasteiger partial charge on any atom is 0.408 e. The second-order valence-corrected chi connectivity index (χ2v) is 7.22. The molecular weight excluding hydrogens is 358 g/mol. The standard InChI is InChI=1S/C22H27NO5/c1-5-26-20(24)19(23-21(25)28-22(2,3)4)15-16-10-9-13-18(14-16)27-17-11-7-6-8-12-17/h6-14,19H,5,15H2,1-4H3,(H,23,25). The molecule has 28 heavy (non-hydrogen) atoms. The lowest BCUT2D eigenvalue weighted by molar-refractivity contribution is -0.145. The van der Waals surface area contributed by atoms with Gasteiger partial charge in [-0.3, -0.25) is 0 Å². The van der Waals surface area contributed by atoms with Gasteiger partial charge in [0.2, 0.25) is 0 Å². The molecule has 1 N–H and O–H groups in total. The molecule has 0 aliphatic heterocycles. The summed E-state index contributed by atoms with van der Waals surface area (Å²) in [7, 11) is 0. The lowest BCUT2D eigenvalue weighted by Gasteiger charge is -2.23. The Morgan fingerprint density at radius 1 is 1.00 bits per heavy atom. The summed E-state index contributed by atoms with van der Waals surface area (Å²) in [6.45, 7) is 7.22. The first-order valence-corrected chi connectivity index (χ1v) is 9.25. The first-order chi connectivity index (χ1) is 13.3. The van der Waals surface area contributed by atoms with E-state index >= 15 is 0 Å². The van der Waals surface area contributed by atoms with E-state index in [0.29, 0.717) is 11.5 Å². The van der Waals surface area contributed by atoms with Crippen molar-refractivity contribution < 1.29 is 23.8 Å². The molecule has 0 aliphatic carbocycles. The topological polar surface area (TPSA) is 73.9 Å². The first kappa shape index (κ1) is 21.3. The number of esters is 1. The molecule has 0 spiro atoms. The Labute approximate surface area is 165 Å². The fourth-order valence-electron chi connectivity index (χ4n) is 2.48. The molecule has 0 radical (unpaired) electrons. The fourth-order valence-corrected chi connectivity index (χ4v) is 2.48. The smallest absolute Gasteiger partial charge is 0.408 e. The van der Waals surface area contributed by atoms with E-state index in [1.807, 2.05) is 54.6 Å². The van der Waals surface area contributed by atoms with Crippen molar-refractivity contribution in [3.63, 3.8) is 0 Å². The molecule has 150 valence electrons. The summed E-state index contributed by atoms with van der Waals surface area (Å²) in [6.07, 6.45) is -0.411. The van der Waals surface area contributed by atoms with Crippen molar-refractivity contribution in [1.29, 1.82) is 0 Å². The van der Waals surface area contributed by atoms with Crippen molar-refractivity contribution >= 4 is 12.1 Å². The number of hydrogen-bond donors (Lipinski definition) is 1. The molecule has 2 aromatic rings. The maximum atomic E-state index is 12.3. The number of alkyl carbamates (subject to hydrolysis) is 1. The number of benzene rings is 2. The normalized spacial score (nSPS) is 12.0. The van der Waals surface area contributed by atoms with Crippen molar-refractivity contribution in [2.24, 2.45) is 0 Å². The van der Waals surface area contributed by atoms with Crippen molar-refractivity contribution in [2.75, 3.05) is 6.61 Å². The summed E-state index contributed by atoms with van der Waals surface area (Å²) in [5, 5.41) is 2.60. The van der Waals surface area contributed by atoms with E-state index in [2.05, 4.69) is 5.32 Å². The molecule has 6 heteroatoms. The van der Waals surface area contributed by atoms with Crippen LogP contribution in [0.4, 0.5) is 4.79 Å². The zero-order valence-corrected chi connectivity index (χ0v) is 16.7. The molecular formula is C22H27NO5. The summed E-state index contributed by atoms with van der Waals surface area (Å²) in [5.41, 5.74) is 0.162. The zero-order chi connectivity index (χ0) is 20.6. The molecule has 2 aromatic carbocycles. The fraction of sp³-hybridized carbons (Fsp3) is 0.364. The number of amides is 1. The second-order valence-electron chi connectivity index (χ2n) is 7.22. The van der Waals surface area contributed by atoms with Gasteiger partial charge in [-0.2, -0.15) is 0 Å². The van der Waals surface area contributed by atoms with Crippen LogP contribution in [0.25, 0.3) is 0 Å². The Balaban J connectivity index is 2.11. The second kappa shape index (κ2) is 9.78. The molecule has 0 aliphatic rings. The predicted octanol–water partition coefficient (Wildman–Crippen LogP) is 4.48. The minimum Gasteiger partial charge on any atom is -0.464 e. The number of para-hydroxylation sites is 1. The molecule has 1 atom stereocenters. The number of hydrogen-bond acceptors (Lipinski definition) is 5. The molecule has 0 fully saturated rings. The lowest BCUT2D eigenvalue weighted by atomic mass is 10.1. The first-order valence-electron chi connectivity index (χ1n) is 9.25. The SMILES string of the molecule is CCOC(=O)C(Cc1cccc(Oc2ccccc2)c1)NC(=O)OC(C)(C)C. The average molecular weight is 385 g/mol. The van der Waals surface area contributed by atoms with E-state index in [9.17, 15) is 9.59 Å². The van der Waals surface area contributed by atoms with E-state index < -0.39 is 23.7 Å². The van der Waals surface area contributed by atoms with Crippen molar-refractivity contribution in [3.8, 4) is 11.5 Å². The average Bonchev–Trinajstić information content (AvgIpc) is 2.61. The highest BCUT2D eigenvalue weighted by atomic mass is 16.6. The highest BCUT2D eigenvalue weighted by Crippen LogP contribution is 2.22. The highest BCUT2D eigenvalue weighted by molar-refractivity contribution is 5.81. The molecule has 0 bridgehead atoms. The molecule has 1 unspecified atom stereocenters. The minimum absolute atomic E-state index is 0.225. The van der Waals surface area contributed by atoms with Gasteiger partial charge in [-0.25, -0.2) is 9.59 Å². The van der Waals surface area contributed by atoms with Crippen molar-refractivity contribution in [3.05, 3.63) is 60.2 Å². The Kier molecular flexibility index (Phi) is 7.44. The zero-order valence-electron chi connectivity index (χ0n) is 16.7. The Morgan fingerprint density at radius 3 is 2.32 bits per heavy atom. The van der Waals surface area contributed by atoms with E-state index in [-0.39, 0.29) is 13.0 Å². The van der Waals surface area contributed by atoms with Crippen LogP contribution in [-0.4, -0.2) is 30.3 Å². The Morgan fingerprint density at radius 2 is 1.68 bits per heavy atom. The number of ether oxygens (including phenoxy) is 3. The summed E-state index contributed by atoms with van der Waals surface area (Å²) < 4.78 is 16.2. The van der Waals surface area contributed by atoms with Crippen LogP contribution in [0.1, 0.15) is 33.3 Å². The third-order valence-electron chi connectivity index (χ3n) is 3.58. The number of carbonyl (C=O) groups excluding carboxylic acids is 2. The summed E-state index contributed by atoms with van der Waals surface area (Å²) in [6, 6.07) is 15.9. The quantitative estimate of drug-likeness (QED) is 0.712. The summed E-state index contributed by atoms with van der Waals surface area (Å²) in [5.74, 6) is 0.847. The van der Waals surface area contributed by atoms with Crippen LogP contribution in [0.5, 0.6) is 11.5 Å². The van der Waals surface area contributed by atoms with Gasteiger partial charge in [0.15, 0.2) is 0 Å². The van der Waals surface area contributed by atoms with Crippen molar-refractivity contribution in [2.45, 2.75) is 45.8 Å². The van der Waals surface area contributed by atoms with Crippen LogP contribution >= 0.6 is 0 Å². The van der Waals surface area contributed by atoms with Crippen LogP contribution in [0.15, 0.2) is 54.6 Å². The Bertz CT molecular complexity index is 783. The molecule has 0 aromatic heterocycles. The number of rotatable bonds is 7. The molecule has 0 saturated heterocycles. The van der Waals surface area contributed by atoms with Gasteiger partial charge in [-0.1, -0.05) is 30.3 Å². The highest BCUT2D eigenvalue weighted by Gasteiger charge is 2.25. The van der Waals surface area contributed by atoms with Gasteiger partial charge < -0.3 is 19.5 Å². The van der Waals surface area contributed by atoms with Gasteiger partial charge >= 0.3 is 12.1 Å². The Hall–Kier alpha value is -3.02. The largest absolute Gasteiger partial charge is 0.464 e. The van der Waals surface area contributed by atoms with Crippen LogP contribution in [0.3, 0.4) is 0 Å². The molecule has 0 heterocycles. The van der Waals surface area contributed by atoms with E-state index in [1.54, 1.807) is 27.7 Å². The van der Waals surface area contributed by atoms with Crippen LogP contribution in [0, 0.1) is 0 Å². The summed E-state index contributed by atoms with van der Waals surface area (Å²) >= 11 is 0. The van der Waals surface area contributed by atoms with E-state index in [1.165, 1.54) is 0 Å². The third kappa shape index (κ3) is 7.31. The van der Waals surface area contributed by atoms with Gasteiger partial charge in [0.25, 0.3) is 0 Å². The molecule has 2 rings (SSSR count). The van der Waals surface area contributed by atoms with Gasteiger partial charge in [-0.15, -0.1) is 0 Å². The molecule has 1 amide bonds. The third-order valence-corrected chi connectivity index (χ3v) is 3.58. The summed E-state index contributed by atoms with van der Waals surface area (Å²) in [4.78, 5) is 24.4. The number of nitrogens with one attached hydrogen (secondary N) is 1. The van der Waals surface area contributed by atoms with E-state index in [4.69, 9.17) is 14.2 Å². The monoisotopic (exact) mass is 385 g/mol. The predicted molar refractivity (Wildman–Crippen MR) is 106 cm³/mol. The van der Waals surface area contributed by atoms with Crippen LogP contribution < -0.4 is 10.1 Å². The van der Waals surface area contributed by atoms with Gasteiger partial charge in [0.1, 0.15) is 23.1 Å². The molecule has 6 nitrogen and oxygen atoms in total. The van der Waals surface area contributed by atoms with Crippen LogP contribution in [-0.2, 0) is 20.7 Å². The molecule has 0 saturated carbocycles. The minimum atomic E-state index is -0.859. The van der Waals surface area contributed by atoms with Crippen LogP contribution in [0.2, 0.25) is 0 Å². The number of carbonyl (C=O) groups is 2. The van der Waals surface area contributed by atoms with Gasteiger partial charge in [-0.05, 0) is 57.5 Å². The van der Waals surface area contributed by atoms with Gasteiger partial charge in [0.05, 0.1) is 6.61 Å². The lowest BCUT2D eigenvalue weighted by Crippen LogP contribution is -2.45. The van der Waals surface area contributed by atoms with E-state index in [0.717, 1.165) is 5.56 Å².